The summed E-state index contributed by atoms with van der Waals surface area (Å²) in [5.41, 5.74) is 0.0726. The van der Waals surface area contributed by atoms with Crippen LogP contribution in [0.1, 0.15) is 20.7 Å². The smallest absolute Gasteiger partial charge is 0.204 e. The fourth-order valence-corrected chi connectivity index (χ4v) is 3.06. The molecule has 0 fully saturated rings. The summed E-state index contributed by atoms with van der Waals surface area (Å²) in [6.07, 6.45) is 0.943. The Kier molecular flexibility index (Phi) is 4.67. The molecule has 0 saturated carbocycles. The molecule has 2 aromatic rings. The van der Waals surface area contributed by atoms with Crippen LogP contribution in [0.2, 0.25) is 0 Å². The van der Waals surface area contributed by atoms with Gasteiger partial charge in [-0.3, -0.25) is 19.2 Å². The highest BCUT2D eigenvalue weighted by Crippen LogP contribution is 2.28. The van der Waals surface area contributed by atoms with Crippen molar-refractivity contribution in [1.82, 2.24) is 0 Å². The minimum absolute atomic E-state index is 0.187. The molecule has 122 valence electrons. The van der Waals surface area contributed by atoms with E-state index in [2.05, 4.69) is 15.9 Å². The summed E-state index contributed by atoms with van der Waals surface area (Å²) in [7, 11) is 0. The van der Waals surface area contributed by atoms with Crippen molar-refractivity contribution in [3.8, 4) is 0 Å². The third-order valence-corrected chi connectivity index (χ3v) is 4.49. The zero-order chi connectivity index (χ0) is 18.0. The van der Waals surface area contributed by atoms with Gasteiger partial charge in [-0.05, 0) is 15.9 Å². The molecule has 0 unspecified atom stereocenters. The molecule has 0 saturated heterocycles. The number of allylic oxidation sites excluding steroid dienone is 4. The lowest BCUT2D eigenvalue weighted by Crippen LogP contribution is -2.25. The summed E-state index contributed by atoms with van der Waals surface area (Å²) in [6.45, 7) is 0. The van der Waals surface area contributed by atoms with Gasteiger partial charge in [-0.25, -0.2) is 0 Å². The average molecular weight is 395 g/mol. The van der Waals surface area contributed by atoms with E-state index in [0.29, 0.717) is 11.1 Å². The van der Waals surface area contributed by atoms with Gasteiger partial charge < -0.3 is 0 Å². The van der Waals surface area contributed by atoms with Crippen molar-refractivity contribution in [2.24, 2.45) is 0 Å². The van der Waals surface area contributed by atoms with Gasteiger partial charge in [0.15, 0.2) is 17.3 Å². The summed E-state index contributed by atoms with van der Waals surface area (Å²) < 4.78 is -0.187. The van der Waals surface area contributed by atoms with Crippen molar-refractivity contribution >= 4 is 39.1 Å². The van der Waals surface area contributed by atoms with Crippen LogP contribution in [-0.4, -0.2) is 23.1 Å². The maximum absolute atomic E-state index is 12.5. The highest BCUT2D eigenvalue weighted by molar-refractivity contribution is 9.12. The van der Waals surface area contributed by atoms with Gasteiger partial charge >= 0.3 is 0 Å². The Morgan fingerprint density at radius 2 is 1.20 bits per heavy atom. The second-order valence-corrected chi connectivity index (χ2v) is 6.12. The SMILES string of the molecule is O=C1C=C(C(=O)c2ccccc2)C(=O)C(Br)=C1C(=O)c1ccccc1. The van der Waals surface area contributed by atoms with Crippen LogP contribution in [0.4, 0.5) is 0 Å². The Morgan fingerprint density at radius 3 is 1.72 bits per heavy atom. The van der Waals surface area contributed by atoms with Crippen molar-refractivity contribution in [3.05, 3.63) is 93.5 Å². The normalized spacial score (nSPS) is 14.4. The van der Waals surface area contributed by atoms with E-state index in [4.69, 9.17) is 0 Å². The van der Waals surface area contributed by atoms with Gasteiger partial charge in [0, 0.05) is 17.2 Å². The molecule has 0 amide bonds. The number of carbonyl (C=O) groups excluding carboxylic acids is 4. The Morgan fingerprint density at radius 1 is 0.720 bits per heavy atom. The lowest BCUT2D eigenvalue weighted by molar-refractivity contribution is -0.115. The van der Waals surface area contributed by atoms with Crippen LogP contribution in [-0.2, 0) is 9.59 Å². The van der Waals surface area contributed by atoms with E-state index in [1.807, 2.05) is 0 Å². The molecule has 0 bridgehead atoms. The highest BCUT2D eigenvalue weighted by atomic mass is 79.9. The van der Waals surface area contributed by atoms with E-state index in [-0.39, 0.29) is 15.6 Å². The molecule has 0 radical (unpaired) electrons. The van der Waals surface area contributed by atoms with Crippen molar-refractivity contribution in [2.45, 2.75) is 0 Å². The third-order valence-electron chi connectivity index (χ3n) is 3.73. The Balaban J connectivity index is 1.98. The number of benzene rings is 2. The molecule has 1 aliphatic rings. The summed E-state index contributed by atoms with van der Waals surface area (Å²) in [5.74, 6) is -2.46. The molecular weight excluding hydrogens is 384 g/mol. The minimum atomic E-state index is -0.673. The van der Waals surface area contributed by atoms with Crippen molar-refractivity contribution in [2.75, 3.05) is 0 Å². The van der Waals surface area contributed by atoms with E-state index < -0.39 is 23.1 Å². The fourth-order valence-electron chi connectivity index (χ4n) is 2.47. The first kappa shape index (κ1) is 16.9. The van der Waals surface area contributed by atoms with E-state index in [1.54, 1.807) is 60.7 Å². The van der Waals surface area contributed by atoms with Crippen molar-refractivity contribution < 1.29 is 19.2 Å². The molecule has 2 aromatic carbocycles. The Hall–Kier alpha value is -2.92. The first-order chi connectivity index (χ1) is 12.0. The van der Waals surface area contributed by atoms with Crippen LogP contribution in [0.3, 0.4) is 0 Å². The first-order valence-electron chi connectivity index (χ1n) is 7.40. The standard InChI is InChI=1S/C20H11BrO4/c21-17-16(19(24)13-9-5-2-6-10-13)15(22)11-14(20(17)25)18(23)12-7-3-1-4-8-12/h1-11H. The number of hydrogen-bond donors (Lipinski definition) is 0. The molecule has 0 spiro atoms. The molecule has 0 N–H and O–H groups in total. The van der Waals surface area contributed by atoms with E-state index in [9.17, 15) is 19.2 Å². The van der Waals surface area contributed by atoms with E-state index >= 15 is 0 Å². The van der Waals surface area contributed by atoms with Crippen LogP contribution in [0, 0.1) is 0 Å². The topological polar surface area (TPSA) is 68.3 Å². The van der Waals surface area contributed by atoms with Gasteiger partial charge in [0.25, 0.3) is 0 Å². The predicted molar refractivity (Wildman–Crippen MR) is 95.6 cm³/mol. The number of Topliss-reactive ketones (excluding diaryl/α,β-unsaturated/α-hetero) is 3. The number of hydrogen-bond acceptors (Lipinski definition) is 4. The predicted octanol–water partition coefficient (Wildman–Crippen LogP) is 3.48. The zero-order valence-electron chi connectivity index (χ0n) is 12.9. The molecule has 3 rings (SSSR count). The fraction of sp³-hybridized carbons (Fsp3) is 0. The van der Waals surface area contributed by atoms with Gasteiger partial charge in [-0.1, -0.05) is 60.7 Å². The van der Waals surface area contributed by atoms with Gasteiger partial charge in [0.2, 0.25) is 5.78 Å². The molecule has 5 heteroatoms. The monoisotopic (exact) mass is 394 g/mol. The number of rotatable bonds is 4. The average Bonchev–Trinajstić information content (AvgIpc) is 2.65. The van der Waals surface area contributed by atoms with Crippen LogP contribution in [0.5, 0.6) is 0 Å². The molecule has 0 heterocycles. The van der Waals surface area contributed by atoms with Gasteiger partial charge in [0.05, 0.1) is 15.6 Å². The lowest BCUT2D eigenvalue weighted by Gasteiger charge is -2.14. The van der Waals surface area contributed by atoms with Crippen LogP contribution >= 0.6 is 15.9 Å². The van der Waals surface area contributed by atoms with Gasteiger partial charge in [-0.15, -0.1) is 0 Å². The third kappa shape index (κ3) is 3.19. The summed E-state index contributed by atoms with van der Waals surface area (Å²) in [5, 5.41) is 0. The number of carbonyl (C=O) groups is 4. The first-order valence-corrected chi connectivity index (χ1v) is 8.20. The molecule has 0 atom stereocenters. The Labute approximate surface area is 152 Å². The highest BCUT2D eigenvalue weighted by Gasteiger charge is 2.34. The maximum atomic E-state index is 12.5. The number of halogens is 1. The molecule has 0 aromatic heterocycles. The minimum Gasteiger partial charge on any atom is -0.289 e. The van der Waals surface area contributed by atoms with Crippen LogP contribution < -0.4 is 0 Å². The van der Waals surface area contributed by atoms with Crippen LogP contribution in [0.15, 0.2) is 82.4 Å². The molecule has 0 aliphatic heterocycles. The zero-order valence-corrected chi connectivity index (χ0v) is 14.4. The second-order valence-electron chi connectivity index (χ2n) is 5.33. The molecule has 1 aliphatic carbocycles. The molecule has 25 heavy (non-hydrogen) atoms. The summed E-state index contributed by atoms with van der Waals surface area (Å²) >= 11 is 3.04. The largest absolute Gasteiger partial charge is 0.289 e. The summed E-state index contributed by atoms with van der Waals surface area (Å²) in [4.78, 5) is 50.0. The van der Waals surface area contributed by atoms with E-state index in [1.165, 1.54) is 0 Å². The lowest BCUT2D eigenvalue weighted by atomic mass is 9.88. The van der Waals surface area contributed by atoms with Crippen molar-refractivity contribution in [3.63, 3.8) is 0 Å². The quantitative estimate of drug-likeness (QED) is 0.452. The van der Waals surface area contributed by atoms with E-state index in [0.717, 1.165) is 6.08 Å². The Bertz CT molecular complexity index is 954. The maximum Gasteiger partial charge on any atom is 0.204 e. The van der Waals surface area contributed by atoms with Crippen molar-refractivity contribution in [1.29, 1.82) is 0 Å². The number of ketones is 4. The summed E-state index contributed by atoms with van der Waals surface area (Å²) in [6, 6.07) is 16.4. The van der Waals surface area contributed by atoms with Gasteiger partial charge in [0.1, 0.15) is 0 Å². The van der Waals surface area contributed by atoms with Crippen LogP contribution in [0.25, 0.3) is 0 Å². The second kappa shape index (κ2) is 6.91. The van der Waals surface area contributed by atoms with Gasteiger partial charge in [-0.2, -0.15) is 0 Å². The molecular formula is C20H11BrO4. The molecule has 4 nitrogen and oxygen atoms in total.